The molecule has 2 heterocycles. The molecule has 0 spiro atoms. The third-order valence-corrected chi connectivity index (χ3v) is 3.61. The fourth-order valence-corrected chi connectivity index (χ4v) is 2.33. The Morgan fingerprint density at radius 1 is 1.33 bits per heavy atom. The van der Waals surface area contributed by atoms with Crippen molar-refractivity contribution in [2.24, 2.45) is 0 Å². The molecule has 24 heavy (non-hydrogen) atoms. The van der Waals surface area contributed by atoms with E-state index in [-0.39, 0.29) is 6.61 Å². The summed E-state index contributed by atoms with van der Waals surface area (Å²) in [6, 6.07) is 8.65. The first-order chi connectivity index (χ1) is 11.5. The average Bonchev–Trinajstić information content (AvgIpc) is 3.05. The van der Waals surface area contributed by atoms with Gasteiger partial charge in [0.1, 0.15) is 12.7 Å². The lowest BCUT2D eigenvalue weighted by molar-refractivity contribution is -0.0223. The molecule has 1 aliphatic rings. The first-order valence-electron chi connectivity index (χ1n) is 7.42. The molecule has 1 aromatic heterocycles. The number of carbonyl (C=O) groups is 1. The molecule has 1 aromatic carbocycles. The Bertz CT molecular complexity index is 882. The van der Waals surface area contributed by atoms with Gasteiger partial charge in [-0.1, -0.05) is 24.3 Å². The number of nitrogens with one attached hydrogen (secondary N) is 1. The molecule has 0 bridgehead atoms. The summed E-state index contributed by atoms with van der Waals surface area (Å²) in [5.74, 6) is -0.437. The molecule has 0 saturated carbocycles. The number of aryl methyl sites for hydroxylation is 1. The predicted molar refractivity (Wildman–Crippen MR) is 85.8 cm³/mol. The zero-order valence-electron chi connectivity index (χ0n) is 13.0. The zero-order valence-corrected chi connectivity index (χ0v) is 13.0. The van der Waals surface area contributed by atoms with E-state index in [1.54, 1.807) is 43.3 Å². The number of aromatic nitrogens is 2. The van der Waals surface area contributed by atoms with E-state index < -0.39 is 29.6 Å². The molecule has 3 rings (SSSR count). The summed E-state index contributed by atoms with van der Waals surface area (Å²) in [6.07, 6.45) is 3.74. The summed E-state index contributed by atoms with van der Waals surface area (Å²) in [5, 5.41) is 0. The van der Waals surface area contributed by atoms with E-state index in [0.29, 0.717) is 11.1 Å². The molecular formula is C17H16N2O5. The second kappa shape index (κ2) is 6.67. The average molecular weight is 330 g/mol. The monoisotopic (exact) mass is 330 g/mol. The van der Waals surface area contributed by atoms with Crippen molar-refractivity contribution < 1.29 is 14.3 Å². The van der Waals surface area contributed by atoms with Crippen LogP contribution in [-0.4, -0.2) is 28.2 Å². The van der Waals surface area contributed by atoms with Gasteiger partial charge in [0, 0.05) is 11.8 Å². The maximum Gasteiger partial charge on any atom is 0.338 e. The van der Waals surface area contributed by atoms with E-state index in [1.807, 2.05) is 6.07 Å². The molecule has 7 nitrogen and oxygen atoms in total. The Balaban J connectivity index is 1.62. The van der Waals surface area contributed by atoms with Gasteiger partial charge in [-0.25, -0.2) is 9.59 Å². The second-order valence-electron chi connectivity index (χ2n) is 5.39. The van der Waals surface area contributed by atoms with Gasteiger partial charge in [-0.2, -0.15) is 0 Å². The number of ether oxygens (including phenoxy) is 2. The van der Waals surface area contributed by atoms with Gasteiger partial charge in [-0.3, -0.25) is 14.3 Å². The van der Waals surface area contributed by atoms with Crippen LogP contribution in [0.15, 0.2) is 58.3 Å². The van der Waals surface area contributed by atoms with Crippen LogP contribution in [0.1, 0.15) is 22.1 Å². The number of benzene rings is 1. The minimum Gasteiger partial charge on any atom is -0.459 e. The maximum atomic E-state index is 11.9. The normalized spacial score (nSPS) is 19.4. The Kier molecular flexibility index (Phi) is 4.43. The highest BCUT2D eigenvalue weighted by atomic mass is 16.7. The summed E-state index contributed by atoms with van der Waals surface area (Å²) in [5.41, 5.74) is -0.109. The van der Waals surface area contributed by atoms with Gasteiger partial charge in [0.25, 0.3) is 5.56 Å². The Labute approximate surface area is 137 Å². The van der Waals surface area contributed by atoms with Crippen LogP contribution in [0.2, 0.25) is 0 Å². The molecule has 0 unspecified atom stereocenters. The third kappa shape index (κ3) is 3.36. The molecule has 2 atom stereocenters. The standard InChI is InChI=1S/C17H16N2O5/c1-11-9-19(17(22)18-15(11)20)14-8-7-13(24-14)10-23-16(21)12-5-3-2-4-6-12/h2-9,13-14H,10H2,1H3,(H,18,20,22)/t13-,14+/m0/s1/i14+2. The third-order valence-electron chi connectivity index (χ3n) is 3.61. The Morgan fingerprint density at radius 3 is 2.83 bits per heavy atom. The van der Waals surface area contributed by atoms with Gasteiger partial charge >= 0.3 is 11.7 Å². The molecule has 7 heteroatoms. The summed E-state index contributed by atoms with van der Waals surface area (Å²) in [7, 11) is 0. The number of hydrogen-bond donors (Lipinski definition) is 1. The predicted octanol–water partition coefficient (Wildman–Crippen LogP) is 1.16. The fourth-order valence-electron chi connectivity index (χ4n) is 2.33. The largest absolute Gasteiger partial charge is 0.459 e. The van der Waals surface area contributed by atoms with Crippen molar-refractivity contribution in [2.45, 2.75) is 19.3 Å². The lowest BCUT2D eigenvalue weighted by Crippen LogP contribution is -2.33. The molecule has 0 aliphatic carbocycles. The number of aromatic amines is 1. The second-order valence-corrected chi connectivity index (χ2v) is 5.39. The van der Waals surface area contributed by atoms with E-state index in [0.717, 1.165) is 0 Å². The van der Waals surface area contributed by atoms with Crippen molar-refractivity contribution in [2.75, 3.05) is 6.61 Å². The number of hydrogen-bond acceptors (Lipinski definition) is 5. The number of esters is 1. The molecular weight excluding hydrogens is 314 g/mol. The number of rotatable bonds is 4. The molecule has 124 valence electrons. The fraction of sp³-hybridized carbons (Fsp3) is 0.235. The van der Waals surface area contributed by atoms with Gasteiger partial charge < -0.3 is 9.47 Å². The van der Waals surface area contributed by atoms with Crippen LogP contribution in [0.3, 0.4) is 0 Å². The zero-order chi connectivity index (χ0) is 17.1. The van der Waals surface area contributed by atoms with E-state index >= 15 is 0 Å². The van der Waals surface area contributed by atoms with E-state index in [4.69, 9.17) is 9.47 Å². The Hall–Kier alpha value is -2.93. The van der Waals surface area contributed by atoms with Crippen molar-refractivity contribution in [1.82, 2.24) is 9.55 Å². The maximum absolute atomic E-state index is 11.9. The highest BCUT2D eigenvalue weighted by Crippen LogP contribution is 2.20. The molecule has 1 aliphatic heterocycles. The first kappa shape index (κ1) is 15.9. The van der Waals surface area contributed by atoms with Crippen molar-refractivity contribution in [1.29, 1.82) is 0 Å². The van der Waals surface area contributed by atoms with Crippen LogP contribution in [0.25, 0.3) is 0 Å². The summed E-state index contributed by atoms with van der Waals surface area (Å²) < 4.78 is 12.2. The van der Waals surface area contributed by atoms with Crippen LogP contribution in [-0.2, 0) is 9.47 Å². The van der Waals surface area contributed by atoms with Crippen molar-refractivity contribution >= 4 is 5.97 Å². The van der Waals surface area contributed by atoms with Gasteiger partial charge in [-0.05, 0) is 25.1 Å². The SMILES string of the molecule is Cc1cn([14C@H]2C=C[C@@H](COC(=O)c3ccccc3)O2)c(=O)[nH]c1=O. The first-order valence-corrected chi connectivity index (χ1v) is 7.42. The van der Waals surface area contributed by atoms with Gasteiger partial charge in [0.15, 0.2) is 6.23 Å². The highest BCUT2D eigenvalue weighted by Gasteiger charge is 2.23. The minimum absolute atomic E-state index is 0.0395. The van der Waals surface area contributed by atoms with Crippen molar-refractivity contribution in [3.8, 4) is 0 Å². The lowest BCUT2D eigenvalue weighted by atomic mass is 10.2. The van der Waals surface area contributed by atoms with Crippen molar-refractivity contribution in [3.63, 3.8) is 0 Å². The number of carbonyl (C=O) groups excluding carboxylic acids is 1. The summed E-state index contributed by atoms with van der Waals surface area (Å²) >= 11 is 0. The van der Waals surface area contributed by atoms with Crippen LogP contribution < -0.4 is 11.2 Å². The minimum atomic E-state index is -0.645. The number of nitrogens with zero attached hydrogens (tertiary/aromatic N) is 1. The van der Waals surface area contributed by atoms with Crippen LogP contribution in [0.4, 0.5) is 0 Å². The van der Waals surface area contributed by atoms with Crippen molar-refractivity contribution in [3.05, 3.63) is 80.6 Å². The lowest BCUT2D eigenvalue weighted by Gasteiger charge is -2.16. The topological polar surface area (TPSA) is 90.4 Å². The number of H-pyrrole nitrogens is 1. The highest BCUT2D eigenvalue weighted by molar-refractivity contribution is 5.89. The van der Waals surface area contributed by atoms with E-state index in [2.05, 4.69) is 4.98 Å². The van der Waals surface area contributed by atoms with Gasteiger partial charge in [0.2, 0.25) is 0 Å². The molecule has 1 N–H and O–H groups in total. The van der Waals surface area contributed by atoms with Crippen LogP contribution in [0, 0.1) is 6.92 Å². The molecule has 0 saturated heterocycles. The quantitative estimate of drug-likeness (QED) is 0.671. The summed E-state index contributed by atoms with van der Waals surface area (Å²) in [6.45, 7) is 1.64. The molecule has 0 amide bonds. The van der Waals surface area contributed by atoms with Crippen LogP contribution >= 0.6 is 0 Å². The molecule has 0 radical (unpaired) electrons. The Morgan fingerprint density at radius 2 is 2.08 bits per heavy atom. The van der Waals surface area contributed by atoms with E-state index in [1.165, 1.54) is 10.8 Å². The summed E-state index contributed by atoms with van der Waals surface area (Å²) in [4.78, 5) is 37.4. The molecule has 0 fully saturated rings. The van der Waals surface area contributed by atoms with Crippen LogP contribution in [0.5, 0.6) is 0 Å². The smallest absolute Gasteiger partial charge is 0.338 e. The van der Waals surface area contributed by atoms with Gasteiger partial charge in [-0.15, -0.1) is 0 Å². The molecule has 2 aromatic rings. The van der Waals surface area contributed by atoms with E-state index in [9.17, 15) is 14.4 Å². The van der Waals surface area contributed by atoms with Gasteiger partial charge in [0.05, 0.1) is 5.56 Å².